The summed E-state index contributed by atoms with van der Waals surface area (Å²) in [6.07, 6.45) is -3.18. The fourth-order valence-electron chi connectivity index (χ4n) is 2.61. The minimum atomic E-state index is -1.25. The Morgan fingerprint density at radius 3 is 2.37 bits per heavy atom. The van der Waals surface area contributed by atoms with E-state index >= 15 is 0 Å². The Balaban J connectivity index is 1.79. The Morgan fingerprint density at radius 1 is 1.00 bits per heavy atom. The van der Waals surface area contributed by atoms with E-state index in [-0.39, 0.29) is 26.0 Å². The first-order valence-electron chi connectivity index (χ1n) is 8.57. The van der Waals surface area contributed by atoms with Crippen LogP contribution in [-0.4, -0.2) is 40.0 Å². The molecule has 2 rings (SSSR count). The molecule has 4 N–H and O–H groups in total. The van der Waals surface area contributed by atoms with Gasteiger partial charge in [-0.1, -0.05) is 54.6 Å². The van der Waals surface area contributed by atoms with Gasteiger partial charge in [-0.15, -0.1) is 0 Å². The van der Waals surface area contributed by atoms with Crippen molar-refractivity contribution in [3.8, 4) is 0 Å². The van der Waals surface area contributed by atoms with Crippen LogP contribution in [0.15, 0.2) is 54.6 Å². The fourth-order valence-corrected chi connectivity index (χ4v) is 2.61. The van der Waals surface area contributed by atoms with Gasteiger partial charge in [-0.25, -0.2) is 4.79 Å². The molecule has 0 aliphatic carbocycles. The second-order valence-corrected chi connectivity index (χ2v) is 6.06. The second-order valence-electron chi connectivity index (χ2n) is 6.06. The predicted octanol–water partition coefficient (Wildman–Crippen LogP) is 2.02. The molecule has 2 aromatic rings. The summed E-state index contributed by atoms with van der Waals surface area (Å²) in [6.45, 7) is 0.243. The van der Waals surface area contributed by atoms with Gasteiger partial charge in [0.05, 0.1) is 12.5 Å². The van der Waals surface area contributed by atoms with Gasteiger partial charge in [-0.05, 0) is 23.1 Å². The number of amides is 1. The van der Waals surface area contributed by atoms with Crippen LogP contribution in [-0.2, 0) is 22.6 Å². The van der Waals surface area contributed by atoms with Crippen LogP contribution >= 0.6 is 0 Å². The summed E-state index contributed by atoms with van der Waals surface area (Å²) in [7, 11) is 0. The number of ether oxygens (including phenoxy) is 1. The zero-order chi connectivity index (χ0) is 19.6. The van der Waals surface area contributed by atoms with E-state index in [4.69, 9.17) is 9.84 Å². The lowest BCUT2D eigenvalue weighted by Crippen LogP contribution is -2.30. The number of aliphatic hydroxyl groups excluding tert-OH is 2. The molecule has 144 valence electrons. The van der Waals surface area contributed by atoms with Crippen LogP contribution in [0, 0.1) is 0 Å². The van der Waals surface area contributed by atoms with Crippen LogP contribution < -0.4 is 5.32 Å². The largest absolute Gasteiger partial charge is 0.481 e. The third-order valence-corrected chi connectivity index (χ3v) is 4.00. The molecule has 7 nitrogen and oxygen atoms in total. The van der Waals surface area contributed by atoms with Gasteiger partial charge >= 0.3 is 12.1 Å². The molecule has 0 aliphatic rings. The zero-order valence-corrected chi connectivity index (χ0v) is 14.7. The van der Waals surface area contributed by atoms with Crippen LogP contribution in [0.5, 0.6) is 0 Å². The highest BCUT2D eigenvalue weighted by molar-refractivity contribution is 5.70. The number of rotatable bonds is 9. The van der Waals surface area contributed by atoms with Crippen molar-refractivity contribution in [1.29, 1.82) is 0 Å². The number of carbonyl (C=O) groups is 2. The van der Waals surface area contributed by atoms with Crippen LogP contribution in [0.1, 0.15) is 29.2 Å². The van der Waals surface area contributed by atoms with Gasteiger partial charge in [0.15, 0.2) is 0 Å². The van der Waals surface area contributed by atoms with E-state index < -0.39 is 24.3 Å². The quantitative estimate of drug-likeness (QED) is 0.534. The number of aliphatic carboxylic acids is 1. The minimum Gasteiger partial charge on any atom is -0.481 e. The highest BCUT2D eigenvalue weighted by Crippen LogP contribution is 2.23. The SMILES string of the molecule is O=C(O)Cc1ccccc1C(O)C(O)CCNC(=O)OCc1ccccc1. The van der Waals surface area contributed by atoms with E-state index in [1.807, 2.05) is 30.3 Å². The van der Waals surface area contributed by atoms with Gasteiger partial charge in [-0.3, -0.25) is 4.79 Å². The normalized spacial score (nSPS) is 12.8. The highest BCUT2D eigenvalue weighted by atomic mass is 16.5. The van der Waals surface area contributed by atoms with E-state index in [1.54, 1.807) is 24.3 Å². The molecule has 0 aliphatic heterocycles. The van der Waals surface area contributed by atoms with E-state index in [0.29, 0.717) is 11.1 Å². The van der Waals surface area contributed by atoms with E-state index in [0.717, 1.165) is 5.56 Å². The van der Waals surface area contributed by atoms with E-state index in [9.17, 15) is 19.8 Å². The molecule has 2 unspecified atom stereocenters. The molecule has 0 bridgehead atoms. The topological polar surface area (TPSA) is 116 Å². The van der Waals surface area contributed by atoms with E-state index in [2.05, 4.69) is 5.32 Å². The van der Waals surface area contributed by atoms with Crippen LogP contribution in [0.2, 0.25) is 0 Å². The first-order chi connectivity index (χ1) is 13.0. The monoisotopic (exact) mass is 373 g/mol. The van der Waals surface area contributed by atoms with Crippen molar-refractivity contribution in [3.05, 3.63) is 71.3 Å². The molecular weight excluding hydrogens is 350 g/mol. The lowest BCUT2D eigenvalue weighted by Gasteiger charge is -2.20. The number of hydrogen-bond acceptors (Lipinski definition) is 5. The molecule has 1 amide bonds. The Bertz CT molecular complexity index is 749. The molecule has 7 heteroatoms. The van der Waals surface area contributed by atoms with Crippen molar-refractivity contribution < 1.29 is 29.6 Å². The summed E-state index contributed by atoms with van der Waals surface area (Å²) in [6, 6.07) is 15.7. The molecule has 0 radical (unpaired) electrons. The minimum absolute atomic E-state index is 0.0863. The second kappa shape index (κ2) is 10.3. The number of nitrogens with one attached hydrogen (secondary N) is 1. The highest BCUT2D eigenvalue weighted by Gasteiger charge is 2.21. The number of benzene rings is 2. The molecule has 2 atom stereocenters. The van der Waals surface area contributed by atoms with E-state index in [1.165, 1.54) is 0 Å². The molecule has 0 saturated heterocycles. The number of hydrogen-bond donors (Lipinski definition) is 4. The third-order valence-electron chi connectivity index (χ3n) is 4.00. The van der Waals surface area contributed by atoms with Crippen LogP contribution in [0.4, 0.5) is 4.79 Å². The molecule has 0 aromatic heterocycles. The summed E-state index contributed by atoms with van der Waals surface area (Å²) >= 11 is 0. The molecular formula is C20H23NO6. The summed E-state index contributed by atoms with van der Waals surface area (Å²) in [5.74, 6) is -1.02. The maximum atomic E-state index is 11.7. The van der Waals surface area contributed by atoms with Crippen molar-refractivity contribution >= 4 is 12.1 Å². The van der Waals surface area contributed by atoms with Crippen LogP contribution in [0.3, 0.4) is 0 Å². The van der Waals surface area contributed by atoms with Gasteiger partial charge in [0.2, 0.25) is 0 Å². The third kappa shape index (κ3) is 6.73. The summed E-state index contributed by atoms with van der Waals surface area (Å²) in [5.41, 5.74) is 1.66. The Morgan fingerprint density at radius 2 is 1.67 bits per heavy atom. The average molecular weight is 373 g/mol. The van der Waals surface area contributed by atoms with Crippen molar-refractivity contribution in [2.75, 3.05) is 6.54 Å². The Labute approximate surface area is 157 Å². The molecule has 27 heavy (non-hydrogen) atoms. The van der Waals surface area contributed by atoms with Crippen molar-refractivity contribution in [2.24, 2.45) is 0 Å². The van der Waals surface area contributed by atoms with Crippen molar-refractivity contribution in [1.82, 2.24) is 5.32 Å². The number of carboxylic acid groups (broad SMARTS) is 1. The molecule has 2 aromatic carbocycles. The number of aliphatic hydroxyl groups is 2. The molecule has 0 fully saturated rings. The maximum Gasteiger partial charge on any atom is 0.407 e. The van der Waals surface area contributed by atoms with Crippen molar-refractivity contribution in [2.45, 2.75) is 31.7 Å². The fraction of sp³-hybridized carbons (Fsp3) is 0.300. The Kier molecular flexibility index (Phi) is 7.79. The first-order valence-corrected chi connectivity index (χ1v) is 8.57. The average Bonchev–Trinajstić information content (AvgIpc) is 2.66. The van der Waals surface area contributed by atoms with Gasteiger partial charge in [0.1, 0.15) is 12.7 Å². The standard InChI is InChI=1S/C20H23NO6/c22-17(19(25)16-9-5-4-8-15(16)12-18(23)24)10-11-21-20(26)27-13-14-6-2-1-3-7-14/h1-9,17,19,22,25H,10-13H2,(H,21,26)(H,23,24). The van der Waals surface area contributed by atoms with Gasteiger partial charge in [0.25, 0.3) is 0 Å². The first kappa shape index (κ1) is 20.4. The van der Waals surface area contributed by atoms with Gasteiger partial charge in [0, 0.05) is 6.54 Å². The number of alkyl carbamates (subject to hydrolysis) is 1. The summed E-state index contributed by atoms with van der Waals surface area (Å²) in [5, 5.41) is 31.9. The van der Waals surface area contributed by atoms with Gasteiger partial charge in [-0.2, -0.15) is 0 Å². The van der Waals surface area contributed by atoms with Crippen molar-refractivity contribution in [3.63, 3.8) is 0 Å². The predicted molar refractivity (Wildman–Crippen MR) is 98.0 cm³/mol. The number of carboxylic acids is 1. The lowest BCUT2D eigenvalue weighted by atomic mass is 9.95. The smallest absolute Gasteiger partial charge is 0.407 e. The Hall–Kier alpha value is -2.90. The lowest BCUT2D eigenvalue weighted by molar-refractivity contribution is -0.136. The molecule has 0 heterocycles. The summed E-state index contributed by atoms with van der Waals surface area (Å²) < 4.78 is 5.06. The number of carbonyl (C=O) groups excluding carboxylic acids is 1. The molecule has 0 spiro atoms. The summed E-state index contributed by atoms with van der Waals surface area (Å²) in [4.78, 5) is 22.6. The zero-order valence-electron chi connectivity index (χ0n) is 14.7. The van der Waals surface area contributed by atoms with Crippen LogP contribution in [0.25, 0.3) is 0 Å². The maximum absolute atomic E-state index is 11.7. The van der Waals surface area contributed by atoms with Gasteiger partial charge < -0.3 is 25.4 Å². The molecule has 0 saturated carbocycles.